The lowest BCUT2D eigenvalue weighted by Gasteiger charge is -2.12. The first kappa shape index (κ1) is 14.8. The number of anilines is 1. The summed E-state index contributed by atoms with van der Waals surface area (Å²) in [6.07, 6.45) is -0.324. The third-order valence-electron chi connectivity index (χ3n) is 2.40. The average molecular weight is 268 g/mol. The highest BCUT2D eigenvalue weighted by Gasteiger charge is 2.17. The number of hydrogen-bond acceptors (Lipinski definition) is 5. The molecule has 1 unspecified atom stereocenters. The van der Waals surface area contributed by atoms with E-state index in [0.29, 0.717) is 17.2 Å². The Morgan fingerprint density at radius 1 is 1.37 bits per heavy atom. The molecule has 0 aliphatic carbocycles. The Labute approximate surface area is 110 Å². The number of hydrogen-bond donors (Lipinski definition) is 3. The second-order valence-electron chi connectivity index (χ2n) is 3.76. The number of carbonyl (C=O) groups excluding carboxylic acids is 1. The summed E-state index contributed by atoms with van der Waals surface area (Å²) in [5, 5.41) is 11.2. The summed E-state index contributed by atoms with van der Waals surface area (Å²) in [5.74, 6) is -0.758. The highest BCUT2D eigenvalue weighted by atomic mass is 16.5. The summed E-state index contributed by atoms with van der Waals surface area (Å²) >= 11 is 0. The first-order valence-electron chi connectivity index (χ1n) is 5.48. The van der Waals surface area contributed by atoms with Gasteiger partial charge in [-0.05, 0) is 12.1 Å². The van der Waals surface area contributed by atoms with Crippen LogP contribution in [0.4, 0.5) is 5.69 Å². The third-order valence-corrected chi connectivity index (χ3v) is 2.40. The van der Waals surface area contributed by atoms with Gasteiger partial charge in [-0.25, -0.2) is 0 Å². The molecule has 104 valence electrons. The molecular formula is C12H16N2O5. The molecule has 1 rings (SSSR count). The summed E-state index contributed by atoms with van der Waals surface area (Å²) in [4.78, 5) is 22.2. The third kappa shape index (κ3) is 4.14. The molecule has 0 aliphatic heterocycles. The van der Waals surface area contributed by atoms with Gasteiger partial charge in [0.1, 0.15) is 17.5 Å². The zero-order valence-corrected chi connectivity index (χ0v) is 10.7. The van der Waals surface area contributed by atoms with Crippen LogP contribution in [0.15, 0.2) is 18.2 Å². The number of aliphatic carboxylic acids is 1. The van der Waals surface area contributed by atoms with Crippen LogP contribution in [0.3, 0.4) is 0 Å². The standard InChI is InChI=1S/C12H16N2O5/c1-18-7-3-4-10(19-2)9(5-7)14-11(15)6-8(13)12(16)17/h3-5,8H,6,13H2,1-2H3,(H,14,15)(H,16,17). The fourth-order valence-corrected chi connectivity index (χ4v) is 1.40. The van der Waals surface area contributed by atoms with E-state index in [-0.39, 0.29) is 6.42 Å². The molecule has 0 radical (unpaired) electrons. The number of rotatable bonds is 6. The second-order valence-corrected chi connectivity index (χ2v) is 3.76. The molecule has 0 saturated heterocycles. The van der Waals surface area contributed by atoms with Crippen molar-refractivity contribution >= 4 is 17.6 Å². The summed E-state index contributed by atoms with van der Waals surface area (Å²) in [6.45, 7) is 0. The molecule has 0 spiro atoms. The number of carboxylic acid groups (broad SMARTS) is 1. The van der Waals surface area contributed by atoms with Crippen molar-refractivity contribution in [2.45, 2.75) is 12.5 Å². The number of amides is 1. The summed E-state index contributed by atoms with van der Waals surface area (Å²) < 4.78 is 10.1. The number of nitrogens with two attached hydrogens (primary N) is 1. The van der Waals surface area contributed by atoms with E-state index in [1.54, 1.807) is 18.2 Å². The molecular weight excluding hydrogens is 252 g/mol. The van der Waals surface area contributed by atoms with Crippen LogP contribution >= 0.6 is 0 Å². The highest BCUT2D eigenvalue weighted by Crippen LogP contribution is 2.28. The van der Waals surface area contributed by atoms with Gasteiger partial charge in [0, 0.05) is 6.07 Å². The van der Waals surface area contributed by atoms with Gasteiger partial charge in [0.05, 0.1) is 26.3 Å². The van der Waals surface area contributed by atoms with Crippen LogP contribution in [0.25, 0.3) is 0 Å². The van der Waals surface area contributed by atoms with Crippen molar-refractivity contribution in [3.05, 3.63) is 18.2 Å². The van der Waals surface area contributed by atoms with Crippen LogP contribution in [-0.2, 0) is 9.59 Å². The normalized spacial score (nSPS) is 11.5. The van der Waals surface area contributed by atoms with E-state index >= 15 is 0 Å². The number of benzene rings is 1. The van der Waals surface area contributed by atoms with Gasteiger partial charge in [-0.15, -0.1) is 0 Å². The minimum Gasteiger partial charge on any atom is -0.497 e. The van der Waals surface area contributed by atoms with Crippen molar-refractivity contribution in [2.75, 3.05) is 19.5 Å². The van der Waals surface area contributed by atoms with Gasteiger partial charge in [-0.3, -0.25) is 9.59 Å². The molecule has 0 heterocycles. The number of ether oxygens (including phenoxy) is 2. The summed E-state index contributed by atoms with van der Waals surface area (Å²) in [5.41, 5.74) is 5.67. The maximum atomic E-state index is 11.6. The predicted molar refractivity (Wildman–Crippen MR) is 68.4 cm³/mol. The van der Waals surface area contributed by atoms with Crippen molar-refractivity contribution in [1.29, 1.82) is 0 Å². The van der Waals surface area contributed by atoms with E-state index in [9.17, 15) is 9.59 Å². The number of carbonyl (C=O) groups is 2. The van der Waals surface area contributed by atoms with Gasteiger partial charge >= 0.3 is 5.97 Å². The SMILES string of the molecule is COc1ccc(OC)c(NC(=O)CC(N)C(=O)O)c1. The number of nitrogens with one attached hydrogen (secondary N) is 1. The van der Waals surface area contributed by atoms with Crippen molar-refractivity contribution in [3.8, 4) is 11.5 Å². The minimum absolute atomic E-state index is 0.324. The van der Waals surface area contributed by atoms with E-state index in [4.69, 9.17) is 20.3 Å². The maximum absolute atomic E-state index is 11.6. The number of methoxy groups -OCH3 is 2. The van der Waals surface area contributed by atoms with Crippen molar-refractivity contribution in [2.24, 2.45) is 5.73 Å². The monoisotopic (exact) mass is 268 g/mol. The minimum atomic E-state index is -1.24. The Balaban J connectivity index is 2.80. The molecule has 0 saturated carbocycles. The van der Waals surface area contributed by atoms with Gasteiger partial charge in [0.15, 0.2) is 0 Å². The second kappa shape index (κ2) is 6.60. The molecule has 1 atom stereocenters. The van der Waals surface area contributed by atoms with Crippen LogP contribution in [0.1, 0.15) is 6.42 Å². The van der Waals surface area contributed by atoms with Crippen molar-refractivity contribution < 1.29 is 24.2 Å². The van der Waals surface area contributed by atoms with E-state index in [0.717, 1.165) is 0 Å². The van der Waals surface area contributed by atoms with Gasteiger partial charge in [-0.2, -0.15) is 0 Å². The molecule has 7 nitrogen and oxygen atoms in total. The summed E-state index contributed by atoms with van der Waals surface area (Å²) in [6, 6.07) is 3.64. The lowest BCUT2D eigenvalue weighted by Crippen LogP contribution is -2.34. The van der Waals surface area contributed by atoms with Crippen LogP contribution in [-0.4, -0.2) is 37.2 Å². The fourth-order valence-electron chi connectivity index (χ4n) is 1.40. The van der Waals surface area contributed by atoms with E-state index < -0.39 is 17.9 Å². The van der Waals surface area contributed by atoms with E-state index in [1.807, 2.05) is 0 Å². The molecule has 1 aromatic carbocycles. The topological polar surface area (TPSA) is 111 Å². The first-order valence-corrected chi connectivity index (χ1v) is 5.48. The Hall–Kier alpha value is -2.28. The lowest BCUT2D eigenvalue weighted by atomic mass is 10.2. The Kier molecular flexibility index (Phi) is 5.13. The van der Waals surface area contributed by atoms with Crippen LogP contribution in [0, 0.1) is 0 Å². The first-order chi connectivity index (χ1) is 8.97. The van der Waals surface area contributed by atoms with E-state index in [1.165, 1.54) is 14.2 Å². The summed E-state index contributed by atoms with van der Waals surface area (Å²) in [7, 11) is 2.95. The molecule has 1 aromatic rings. The molecule has 0 aromatic heterocycles. The molecule has 0 bridgehead atoms. The van der Waals surface area contributed by atoms with Crippen LogP contribution < -0.4 is 20.5 Å². The fraction of sp³-hybridized carbons (Fsp3) is 0.333. The van der Waals surface area contributed by atoms with Crippen LogP contribution in [0.2, 0.25) is 0 Å². The Morgan fingerprint density at radius 3 is 2.58 bits per heavy atom. The van der Waals surface area contributed by atoms with Gasteiger partial charge in [-0.1, -0.05) is 0 Å². The molecule has 0 fully saturated rings. The van der Waals surface area contributed by atoms with E-state index in [2.05, 4.69) is 5.32 Å². The lowest BCUT2D eigenvalue weighted by molar-refractivity contribution is -0.140. The van der Waals surface area contributed by atoms with Crippen molar-refractivity contribution in [1.82, 2.24) is 0 Å². The van der Waals surface area contributed by atoms with Crippen LogP contribution in [0.5, 0.6) is 11.5 Å². The molecule has 4 N–H and O–H groups in total. The predicted octanol–water partition coefficient (Wildman–Crippen LogP) is 0.444. The Morgan fingerprint density at radius 2 is 2.05 bits per heavy atom. The number of carboxylic acids is 1. The zero-order valence-electron chi connectivity index (χ0n) is 10.7. The van der Waals surface area contributed by atoms with Gasteiger partial charge in [0.25, 0.3) is 0 Å². The quantitative estimate of drug-likeness (QED) is 0.690. The Bertz CT molecular complexity index is 475. The molecule has 7 heteroatoms. The molecule has 19 heavy (non-hydrogen) atoms. The zero-order chi connectivity index (χ0) is 14.4. The molecule has 1 amide bonds. The highest BCUT2D eigenvalue weighted by molar-refractivity contribution is 5.95. The van der Waals surface area contributed by atoms with Crippen molar-refractivity contribution in [3.63, 3.8) is 0 Å². The van der Waals surface area contributed by atoms with Gasteiger partial charge < -0.3 is 25.6 Å². The maximum Gasteiger partial charge on any atom is 0.321 e. The largest absolute Gasteiger partial charge is 0.497 e. The molecule has 0 aliphatic rings. The average Bonchev–Trinajstić information content (AvgIpc) is 2.38. The van der Waals surface area contributed by atoms with Gasteiger partial charge in [0.2, 0.25) is 5.91 Å². The smallest absolute Gasteiger partial charge is 0.321 e.